The van der Waals surface area contributed by atoms with Crippen molar-refractivity contribution in [3.8, 4) is 0 Å². The summed E-state index contributed by atoms with van der Waals surface area (Å²) in [6, 6.07) is 10.7. The Balaban J connectivity index is 1.58. The molecule has 3 N–H and O–H groups in total. The summed E-state index contributed by atoms with van der Waals surface area (Å²) in [5.41, 5.74) is 2.70. The first kappa shape index (κ1) is 25.5. The highest BCUT2D eigenvalue weighted by Gasteiger charge is 2.22. The zero-order valence-corrected chi connectivity index (χ0v) is 19.4. The molecular formula is C26H32F2N4O2. The molecule has 6 nitrogen and oxygen atoms in total. The van der Waals surface area contributed by atoms with E-state index in [2.05, 4.69) is 34.7 Å². The van der Waals surface area contributed by atoms with Gasteiger partial charge in [0.25, 0.3) is 0 Å². The number of hydrogen-bond donors (Lipinski definition) is 3. The summed E-state index contributed by atoms with van der Waals surface area (Å²) in [4.78, 5) is 16.5. The summed E-state index contributed by atoms with van der Waals surface area (Å²) in [5.74, 6) is -1.61. The van der Waals surface area contributed by atoms with Gasteiger partial charge in [0.05, 0.1) is 18.5 Å². The molecule has 0 bridgehead atoms. The molecule has 0 radical (unpaired) electrons. The lowest BCUT2D eigenvalue weighted by molar-refractivity contribution is -0.122. The number of aryl methyl sites for hydroxylation is 2. The highest BCUT2D eigenvalue weighted by atomic mass is 19.1. The number of aliphatic hydroxyl groups excluding tert-OH is 1. The molecule has 3 rings (SSSR count). The highest BCUT2D eigenvalue weighted by Crippen LogP contribution is 2.13. The van der Waals surface area contributed by atoms with Gasteiger partial charge in [0, 0.05) is 44.5 Å². The van der Waals surface area contributed by atoms with Crippen LogP contribution in [-0.4, -0.2) is 39.3 Å². The summed E-state index contributed by atoms with van der Waals surface area (Å²) in [5, 5.41) is 16.9. The largest absolute Gasteiger partial charge is 0.390 e. The SMILES string of the molecule is CCc1cccc(CNC[C@@H](O)[C@H](Cc2cc(F)cc(F)c2)NC(=O)CCCn2ccnc2)c1. The molecule has 0 saturated carbocycles. The van der Waals surface area contributed by atoms with E-state index in [4.69, 9.17) is 0 Å². The topological polar surface area (TPSA) is 79.2 Å². The number of imidazole rings is 1. The van der Waals surface area contributed by atoms with E-state index < -0.39 is 23.8 Å². The van der Waals surface area contributed by atoms with E-state index in [0.29, 0.717) is 25.1 Å². The number of carbonyl (C=O) groups is 1. The Hall–Kier alpha value is -3.10. The fraction of sp³-hybridized carbons (Fsp3) is 0.385. The Morgan fingerprint density at radius 3 is 2.59 bits per heavy atom. The number of nitrogens with zero attached hydrogens (tertiary/aromatic N) is 2. The summed E-state index contributed by atoms with van der Waals surface area (Å²) in [6.07, 6.45) is 6.15. The number of carbonyl (C=O) groups excluding carboxylic acids is 1. The van der Waals surface area contributed by atoms with Crippen LogP contribution in [0, 0.1) is 11.6 Å². The minimum absolute atomic E-state index is 0.107. The second-order valence-corrected chi connectivity index (χ2v) is 8.43. The van der Waals surface area contributed by atoms with Crippen LogP contribution in [0.2, 0.25) is 0 Å². The molecule has 0 aliphatic heterocycles. The van der Waals surface area contributed by atoms with E-state index in [1.54, 1.807) is 12.5 Å². The predicted octanol–water partition coefficient (Wildman–Crippen LogP) is 3.38. The van der Waals surface area contributed by atoms with Crippen LogP contribution in [0.3, 0.4) is 0 Å². The van der Waals surface area contributed by atoms with Gasteiger partial charge in [-0.25, -0.2) is 13.8 Å². The van der Waals surface area contributed by atoms with Crippen LogP contribution in [0.15, 0.2) is 61.2 Å². The molecule has 182 valence electrons. The van der Waals surface area contributed by atoms with Gasteiger partial charge in [0.1, 0.15) is 11.6 Å². The van der Waals surface area contributed by atoms with Crippen molar-refractivity contribution in [3.63, 3.8) is 0 Å². The molecule has 1 amide bonds. The van der Waals surface area contributed by atoms with Crippen LogP contribution in [0.1, 0.15) is 36.5 Å². The number of halogens is 2. The minimum Gasteiger partial charge on any atom is -0.390 e. The number of rotatable bonds is 13. The Kier molecular flexibility index (Phi) is 9.73. The smallest absolute Gasteiger partial charge is 0.220 e. The highest BCUT2D eigenvalue weighted by molar-refractivity contribution is 5.76. The maximum atomic E-state index is 13.7. The average molecular weight is 471 g/mol. The van der Waals surface area contributed by atoms with Gasteiger partial charge < -0.3 is 20.3 Å². The van der Waals surface area contributed by atoms with Gasteiger partial charge in [0.2, 0.25) is 5.91 Å². The molecule has 8 heteroatoms. The standard InChI is InChI=1S/C26H32F2N4O2/c1-2-19-5-3-6-20(11-19)16-30-17-25(33)24(14-21-12-22(27)15-23(28)13-21)31-26(34)7-4-9-32-10-8-29-18-32/h3,5-6,8,10-13,15,18,24-25,30,33H,2,4,7,9,14,16-17H2,1H3,(H,31,34)/t24-,25+/m0/s1. The lowest BCUT2D eigenvalue weighted by Gasteiger charge is -2.25. The van der Waals surface area contributed by atoms with Crippen molar-refractivity contribution in [2.24, 2.45) is 0 Å². The minimum atomic E-state index is -0.946. The Morgan fingerprint density at radius 1 is 1.12 bits per heavy atom. The predicted molar refractivity (Wildman–Crippen MR) is 127 cm³/mol. The molecule has 0 spiro atoms. The Bertz CT molecular complexity index is 1020. The van der Waals surface area contributed by atoms with Crippen molar-refractivity contribution in [1.29, 1.82) is 0 Å². The molecule has 0 fully saturated rings. The third kappa shape index (κ3) is 8.35. The van der Waals surface area contributed by atoms with Gasteiger partial charge in [0.15, 0.2) is 0 Å². The molecule has 0 aliphatic carbocycles. The molecular weight excluding hydrogens is 438 g/mol. The summed E-state index contributed by atoms with van der Waals surface area (Å²) >= 11 is 0. The van der Waals surface area contributed by atoms with Crippen LogP contribution in [-0.2, 0) is 30.7 Å². The van der Waals surface area contributed by atoms with Gasteiger partial charge in [-0.3, -0.25) is 4.79 Å². The maximum absolute atomic E-state index is 13.7. The summed E-state index contributed by atoms with van der Waals surface area (Å²) in [7, 11) is 0. The molecule has 0 saturated heterocycles. The van der Waals surface area contributed by atoms with Crippen molar-refractivity contribution in [2.45, 2.75) is 57.8 Å². The van der Waals surface area contributed by atoms with Crippen LogP contribution < -0.4 is 10.6 Å². The second-order valence-electron chi connectivity index (χ2n) is 8.43. The molecule has 2 aromatic carbocycles. The molecule has 2 atom stereocenters. The molecule has 1 aromatic heterocycles. The normalized spacial score (nSPS) is 12.9. The average Bonchev–Trinajstić information content (AvgIpc) is 3.31. The van der Waals surface area contributed by atoms with Gasteiger partial charge in [-0.05, 0) is 48.1 Å². The first-order chi connectivity index (χ1) is 16.4. The van der Waals surface area contributed by atoms with Crippen molar-refractivity contribution < 1.29 is 18.7 Å². The van der Waals surface area contributed by atoms with Crippen LogP contribution >= 0.6 is 0 Å². The number of nitrogens with one attached hydrogen (secondary N) is 2. The summed E-state index contributed by atoms with van der Waals surface area (Å²) in [6.45, 7) is 3.52. The van der Waals surface area contributed by atoms with E-state index in [1.807, 2.05) is 22.9 Å². The van der Waals surface area contributed by atoms with Crippen LogP contribution in [0.25, 0.3) is 0 Å². The number of amides is 1. The monoisotopic (exact) mass is 470 g/mol. The zero-order valence-electron chi connectivity index (χ0n) is 19.4. The molecule has 1 heterocycles. The fourth-order valence-electron chi connectivity index (χ4n) is 3.85. The third-order valence-electron chi connectivity index (χ3n) is 5.65. The molecule has 0 aliphatic rings. The van der Waals surface area contributed by atoms with Gasteiger partial charge >= 0.3 is 0 Å². The first-order valence-corrected chi connectivity index (χ1v) is 11.6. The number of aliphatic hydroxyl groups is 1. The second kappa shape index (κ2) is 13.0. The molecule has 34 heavy (non-hydrogen) atoms. The van der Waals surface area contributed by atoms with Crippen molar-refractivity contribution in [1.82, 2.24) is 20.2 Å². The fourth-order valence-corrected chi connectivity index (χ4v) is 3.85. The third-order valence-corrected chi connectivity index (χ3v) is 5.65. The number of aromatic nitrogens is 2. The number of hydrogen-bond acceptors (Lipinski definition) is 4. The van der Waals surface area contributed by atoms with Crippen molar-refractivity contribution in [2.75, 3.05) is 6.54 Å². The van der Waals surface area contributed by atoms with Gasteiger partial charge in [-0.1, -0.05) is 31.2 Å². The van der Waals surface area contributed by atoms with E-state index in [9.17, 15) is 18.7 Å². The zero-order chi connectivity index (χ0) is 24.3. The Labute approximate surface area is 199 Å². The van der Waals surface area contributed by atoms with E-state index >= 15 is 0 Å². The Morgan fingerprint density at radius 2 is 1.88 bits per heavy atom. The first-order valence-electron chi connectivity index (χ1n) is 11.6. The van der Waals surface area contributed by atoms with E-state index in [1.165, 1.54) is 17.7 Å². The van der Waals surface area contributed by atoms with Crippen molar-refractivity contribution >= 4 is 5.91 Å². The lowest BCUT2D eigenvalue weighted by Crippen LogP contribution is -2.48. The lowest BCUT2D eigenvalue weighted by atomic mass is 10.00. The van der Waals surface area contributed by atoms with Gasteiger partial charge in [-0.15, -0.1) is 0 Å². The summed E-state index contributed by atoms with van der Waals surface area (Å²) < 4.78 is 29.3. The van der Waals surface area contributed by atoms with E-state index in [0.717, 1.165) is 18.1 Å². The van der Waals surface area contributed by atoms with Crippen LogP contribution in [0.5, 0.6) is 0 Å². The van der Waals surface area contributed by atoms with Gasteiger partial charge in [-0.2, -0.15) is 0 Å². The number of benzene rings is 2. The van der Waals surface area contributed by atoms with Crippen molar-refractivity contribution in [3.05, 3.63) is 89.5 Å². The maximum Gasteiger partial charge on any atom is 0.220 e. The molecule has 3 aromatic rings. The quantitative estimate of drug-likeness (QED) is 0.358. The van der Waals surface area contributed by atoms with E-state index in [-0.39, 0.29) is 25.3 Å². The molecule has 0 unspecified atom stereocenters. The van der Waals surface area contributed by atoms with Crippen LogP contribution in [0.4, 0.5) is 8.78 Å².